The number of hydrogen-bond acceptors (Lipinski definition) is 3. The normalized spacial score (nSPS) is 17.7. The zero-order chi connectivity index (χ0) is 15.3. The first kappa shape index (κ1) is 16.3. The number of para-hydroxylation sites is 1. The summed E-state index contributed by atoms with van der Waals surface area (Å²) in [6.45, 7) is 2.68. The fourth-order valence-corrected chi connectivity index (χ4v) is 4.58. The molecule has 0 amide bonds. The van der Waals surface area contributed by atoms with Gasteiger partial charge in [-0.25, -0.2) is 8.42 Å². The maximum atomic E-state index is 12.9. The lowest BCUT2D eigenvalue weighted by Crippen LogP contribution is -2.37. The number of nitrogens with zero attached hydrogens (tertiary/aromatic N) is 1. The lowest BCUT2D eigenvalue weighted by molar-refractivity contribution is 0.336. The molecular formula is C16H26N2O2S. The van der Waals surface area contributed by atoms with Crippen molar-refractivity contribution in [2.75, 3.05) is 18.9 Å². The first-order chi connectivity index (χ1) is 10.1. The van der Waals surface area contributed by atoms with E-state index in [0.717, 1.165) is 25.7 Å². The first-order valence-corrected chi connectivity index (χ1v) is 9.32. The number of nitrogens with one attached hydrogen (secondary N) is 1. The molecule has 1 aromatic carbocycles. The highest BCUT2D eigenvalue weighted by Crippen LogP contribution is 2.29. The second-order valence-electron chi connectivity index (χ2n) is 5.69. The van der Waals surface area contributed by atoms with Gasteiger partial charge in [-0.2, -0.15) is 4.31 Å². The van der Waals surface area contributed by atoms with Gasteiger partial charge in [0.1, 0.15) is 4.90 Å². The highest BCUT2D eigenvalue weighted by atomic mass is 32.2. The molecule has 0 saturated heterocycles. The number of anilines is 1. The molecule has 1 fully saturated rings. The van der Waals surface area contributed by atoms with Gasteiger partial charge in [0, 0.05) is 19.6 Å². The Morgan fingerprint density at radius 3 is 2.38 bits per heavy atom. The summed E-state index contributed by atoms with van der Waals surface area (Å²) in [6, 6.07) is 7.31. The lowest BCUT2D eigenvalue weighted by Gasteiger charge is -2.27. The van der Waals surface area contributed by atoms with Crippen LogP contribution in [-0.2, 0) is 10.0 Å². The Balaban J connectivity index is 2.28. The summed E-state index contributed by atoms with van der Waals surface area (Å²) >= 11 is 0. The van der Waals surface area contributed by atoms with E-state index >= 15 is 0 Å². The third-order valence-electron chi connectivity index (χ3n) is 4.25. The van der Waals surface area contributed by atoms with Gasteiger partial charge in [0.15, 0.2) is 0 Å². The van der Waals surface area contributed by atoms with Gasteiger partial charge in [0.25, 0.3) is 0 Å². The quantitative estimate of drug-likeness (QED) is 0.847. The van der Waals surface area contributed by atoms with Gasteiger partial charge in [0.05, 0.1) is 5.69 Å². The van der Waals surface area contributed by atoms with Crippen molar-refractivity contribution in [3.63, 3.8) is 0 Å². The molecule has 118 valence electrons. The summed E-state index contributed by atoms with van der Waals surface area (Å²) in [5.74, 6) is 0. The minimum absolute atomic E-state index is 0.132. The van der Waals surface area contributed by atoms with Crippen LogP contribution in [0.2, 0.25) is 0 Å². The number of benzene rings is 1. The van der Waals surface area contributed by atoms with E-state index in [1.54, 1.807) is 23.5 Å². The van der Waals surface area contributed by atoms with Gasteiger partial charge in [-0.1, -0.05) is 37.8 Å². The van der Waals surface area contributed by atoms with Gasteiger partial charge in [-0.3, -0.25) is 0 Å². The molecule has 1 aromatic rings. The van der Waals surface area contributed by atoms with Crippen LogP contribution in [0.15, 0.2) is 29.2 Å². The van der Waals surface area contributed by atoms with Gasteiger partial charge >= 0.3 is 0 Å². The van der Waals surface area contributed by atoms with Crippen LogP contribution in [0, 0.1) is 0 Å². The molecule has 1 saturated carbocycles. The fraction of sp³-hybridized carbons (Fsp3) is 0.625. The highest BCUT2D eigenvalue weighted by Gasteiger charge is 2.29. The van der Waals surface area contributed by atoms with E-state index in [4.69, 9.17) is 0 Å². The summed E-state index contributed by atoms with van der Waals surface area (Å²) in [5.41, 5.74) is 0.695. The van der Waals surface area contributed by atoms with Crippen molar-refractivity contribution in [3.05, 3.63) is 24.3 Å². The molecule has 0 aromatic heterocycles. The minimum atomic E-state index is -3.44. The van der Waals surface area contributed by atoms with E-state index in [2.05, 4.69) is 5.32 Å². The number of sulfonamides is 1. The Morgan fingerprint density at radius 2 is 1.76 bits per heavy atom. The summed E-state index contributed by atoms with van der Waals surface area (Å²) in [7, 11) is -1.71. The summed E-state index contributed by atoms with van der Waals surface area (Å²) in [5, 5.41) is 3.15. The zero-order valence-electron chi connectivity index (χ0n) is 13.0. The van der Waals surface area contributed by atoms with Crippen LogP contribution in [0.5, 0.6) is 0 Å². The monoisotopic (exact) mass is 310 g/mol. The van der Waals surface area contributed by atoms with E-state index in [9.17, 15) is 8.42 Å². The van der Waals surface area contributed by atoms with Crippen molar-refractivity contribution in [3.8, 4) is 0 Å². The van der Waals surface area contributed by atoms with Crippen molar-refractivity contribution >= 4 is 15.7 Å². The predicted octanol–water partition coefficient (Wildman–Crippen LogP) is 3.46. The van der Waals surface area contributed by atoms with Crippen LogP contribution in [0.4, 0.5) is 5.69 Å². The number of hydrogen-bond donors (Lipinski definition) is 1. The molecule has 0 aliphatic heterocycles. The molecule has 0 heterocycles. The molecule has 4 nitrogen and oxygen atoms in total. The van der Waals surface area contributed by atoms with E-state index in [1.165, 1.54) is 12.8 Å². The fourth-order valence-electron chi connectivity index (χ4n) is 3.00. The Bertz CT molecular complexity index is 549. The number of rotatable bonds is 5. The van der Waals surface area contributed by atoms with Crippen LogP contribution < -0.4 is 5.32 Å². The SMILES string of the molecule is CCNc1ccccc1S(=O)(=O)N(C)C1CCCCCC1. The van der Waals surface area contributed by atoms with Gasteiger partial charge < -0.3 is 5.32 Å². The second-order valence-corrected chi connectivity index (χ2v) is 7.66. The molecule has 0 spiro atoms. The Morgan fingerprint density at radius 1 is 1.14 bits per heavy atom. The van der Waals surface area contributed by atoms with E-state index in [1.807, 2.05) is 19.1 Å². The molecule has 1 aliphatic carbocycles. The standard InChI is InChI=1S/C16H26N2O2S/c1-3-17-15-12-8-9-13-16(15)21(19,20)18(2)14-10-6-4-5-7-11-14/h8-9,12-14,17H,3-7,10-11H2,1-2H3. The van der Waals surface area contributed by atoms with Crippen LogP contribution in [-0.4, -0.2) is 32.4 Å². The van der Waals surface area contributed by atoms with Gasteiger partial charge in [-0.05, 0) is 31.9 Å². The molecule has 1 aliphatic rings. The van der Waals surface area contributed by atoms with Crippen molar-refractivity contribution in [2.24, 2.45) is 0 Å². The third kappa shape index (κ3) is 3.77. The van der Waals surface area contributed by atoms with Crippen molar-refractivity contribution in [1.82, 2.24) is 4.31 Å². The van der Waals surface area contributed by atoms with Gasteiger partial charge in [-0.15, -0.1) is 0 Å². The maximum absolute atomic E-state index is 12.9. The van der Waals surface area contributed by atoms with Gasteiger partial charge in [0.2, 0.25) is 10.0 Å². The second kappa shape index (κ2) is 7.27. The Kier molecular flexibility index (Phi) is 5.65. The van der Waals surface area contributed by atoms with E-state index in [0.29, 0.717) is 17.1 Å². The van der Waals surface area contributed by atoms with Crippen LogP contribution in [0.3, 0.4) is 0 Å². The topological polar surface area (TPSA) is 49.4 Å². The molecular weight excluding hydrogens is 284 g/mol. The molecule has 0 bridgehead atoms. The smallest absolute Gasteiger partial charge is 0.245 e. The largest absolute Gasteiger partial charge is 0.384 e. The van der Waals surface area contributed by atoms with Crippen LogP contribution in [0.1, 0.15) is 45.4 Å². The molecule has 5 heteroatoms. The predicted molar refractivity (Wildman–Crippen MR) is 87.0 cm³/mol. The highest BCUT2D eigenvalue weighted by molar-refractivity contribution is 7.89. The summed E-state index contributed by atoms with van der Waals surface area (Å²) in [6.07, 6.45) is 6.63. The third-order valence-corrected chi connectivity index (χ3v) is 6.22. The average Bonchev–Trinajstić information content (AvgIpc) is 2.76. The molecule has 21 heavy (non-hydrogen) atoms. The first-order valence-electron chi connectivity index (χ1n) is 7.88. The summed E-state index contributed by atoms with van der Waals surface area (Å²) < 4.78 is 27.4. The molecule has 2 rings (SSSR count). The van der Waals surface area contributed by atoms with E-state index < -0.39 is 10.0 Å². The van der Waals surface area contributed by atoms with Crippen molar-refractivity contribution in [1.29, 1.82) is 0 Å². The molecule has 1 N–H and O–H groups in total. The zero-order valence-corrected chi connectivity index (χ0v) is 13.8. The van der Waals surface area contributed by atoms with Crippen LogP contribution in [0.25, 0.3) is 0 Å². The van der Waals surface area contributed by atoms with Crippen LogP contribution >= 0.6 is 0 Å². The molecule has 0 atom stereocenters. The maximum Gasteiger partial charge on any atom is 0.245 e. The lowest BCUT2D eigenvalue weighted by atomic mass is 10.1. The summed E-state index contributed by atoms with van der Waals surface area (Å²) in [4.78, 5) is 0.388. The average molecular weight is 310 g/mol. The Hall–Kier alpha value is -1.07. The van der Waals surface area contributed by atoms with Crippen molar-refractivity contribution < 1.29 is 8.42 Å². The van der Waals surface area contributed by atoms with E-state index in [-0.39, 0.29) is 6.04 Å². The molecule has 0 unspecified atom stereocenters. The minimum Gasteiger partial charge on any atom is -0.384 e. The Labute approximate surface area is 128 Å². The molecule has 0 radical (unpaired) electrons. The van der Waals surface area contributed by atoms with Crippen molar-refractivity contribution in [2.45, 2.75) is 56.4 Å².